The van der Waals surface area contributed by atoms with E-state index in [9.17, 15) is 14.4 Å². The molecule has 0 unspecified atom stereocenters. The summed E-state index contributed by atoms with van der Waals surface area (Å²) >= 11 is 0. The number of hydrogen-bond donors (Lipinski definition) is 1. The average molecular weight is 386 g/mol. The molecule has 0 saturated carbocycles. The van der Waals surface area contributed by atoms with Gasteiger partial charge in [0.05, 0.1) is 11.3 Å². The zero-order valence-electron chi connectivity index (χ0n) is 15.5. The summed E-state index contributed by atoms with van der Waals surface area (Å²) in [5, 5.41) is 0.770. The Balaban J connectivity index is 1.58. The number of esters is 1. The number of para-hydroxylation sites is 1. The molecule has 144 valence electrons. The van der Waals surface area contributed by atoms with E-state index in [1.165, 1.54) is 16.8 Å². The summed E-state index contributed by atoms with van der Waals surface area (Å²) in [6, 6.07) is 21.6. The van der Waals surface area contributed by atoms with Gasteiger partial charge in [-0.3, -0.25) is 14.4 Å². The van der Waals surface area contributed by atoms with Gasteiger partial charge in [0.2, 0.25) is 5.78 Å². The minimum atomic E-state index is -0.646. The summed E-state index contributed by atoms with van der Waals surface area (Å²) in [5.41, 5.74) is 2.56. The van der Waals surface area contributed by atoms with Crippen LogP contribution >= 0.6 is 0 Å². The predicted molar refractivity (Wildman–Crippen MR) is 110 cm³/mol. The van der Waals surface area contributed by atoms with Gasteiger partial charge < -0.3 is 14.3 Å². The zero-order valence-corrected chi connectivity index (χ0v) is 15.5. The van der Waals surface area contributed by atoms with E-state index in [4.69, 9.17) is 4.74 Å². The molecule has 29 heavy (non-hydrogen) atoms. The molecule has 2 heterocycles. The Morgan fingerprint density at radius 2 is 1.62 bits per heavy atom. The van der Waals surface area contributed by atoms with Crippen LogP contribution in [-0.4, -0.2) is 27.9 Å². The summed E-state index contributed by atoms with van der Waals surface area (Å²) in [6.07, 6.45) is 1.50. The lowest BCUT2D eigenvalue weighted by Crippen LogP contribution is -2.25. The molecule has 0 saturated heterocycles. The molecule has 1 N–H and O–H groups in total. The molecule has 0 amide bonds. The van der Waals surface area contributed by atoms with Crippen molar-refractivity contribution in [2.24, 2.45) is 0 Å². The number of fused-ring (bicyclic) bond motifs is 1. The number of nitrogens with one attached hydrogen (secondary N) is 1. The highest BCUT2D eigenvalue weighted by atomic mass is 16.5. The molecule has 0 bridgehead atoms. The zero-order chi connectivity index (χ0) is 20.2. The molecule has 0 aliphatic heterocycles. The van der Waals surface area contributed by atoms with E-state index < -0.39 is 12.6 Å². The van der Waals surface area contributed by atoms with Crippen molar-refractivity contribution in [3.05, 3.63) is 94.9 Å². The van der Waals surface area contributed by atoms with Crippen LogP contribution in [0.1, 0.15) is 10.4 Å². The number of aromatic amines is 1. The third-order valence-corrected chi connectivity index (χ3v) is 4.61. The number of rotatable bonds is 6. The Hall–Kier alpha value is -3.93. The van der Waals surface area contributed by atoms with Crippen molar-refractivity contribution in [2.45, 2.75) is 6.54 Å². The molecule has 4 aromatic rings. The van der Waals surface area contributed by atoms with Crippen LogP contribution in [0.15, 0.2) is 83.8 Å². The van der Waals surface area contributed by atoms with E-state index in [-0.39, 0.29) is 17.9 Å². The number of ether oxygens (including phenoxy) is 1. The summed E-state index contributed by atoms with van der Waals surface area (Å²) in [5.74, 6) is -0.956. The second-order valence-corrected chi connectivity index (χ2v) is 6.54. The number of carbonyl (C=O) groups is 2. The highest BCUT2D eigenvalue weighted by molar-refractivity contribution is 6.14. The second kappa shape index (κ2) is 7.98. The van der Waals surface area contributed by atoms with Crippen LogP contribution in [-0.2, 0) is 16.1 Å². The molecule has 6 nitrogen and oxygen atoms in total. The molecule has 0 aliphatic carbocycles. The third-order valence-electron chi connectivity index (χ3n) is 4.61. The Bertz CT molecular complexity index is 1240. The van der Waals surface area contributed by atoms with Crippen molar-refractivity contribution in [3.63, 3.8) is 0 Å². The first kappa shape index (κ1) is 18.4. The molecule has 0 radical (unpaired) electrons. The van der Waals surface area contributed by atoms with Crippen LogP contribution in [0.2, 0.25) is 0 Å². The summed E-state index contributed by atoms with van der Waals surface area (Å²) < 4.78 is 6.39. The first-order chi connectivity index (χ1) is 14.1. The van der Waals surface area contributed by atoms with Gasteiger partial charge in [-0.15, -0.1) is 0 Å². The fraction of sp³-hybridized carbons (Fsp3) is 0.0870. The summed E-state index contributed by atoms with van der Waals surface area (Å²) in [6.45, 7) is -0.644. The van der Waals surface area contributed by atoms with Gasteiger partial charge in [0, 0.05) is 23.2 Å². The molecule has 0 atom stereocenters. The number of hydrogen-bond acceptors (Lipinski definition) is 4. The van der Waals surface area contributed by atoms with Crippen LogP contribution < -0.4 is 5.56 Å². The van der Waals surface area contributed by atoms with Crippen molar-refractivity contribution in [1.82, 2.24) is 9.55 Å². The SMILES string of the molecule is O=C(Cn1ccccc1=O)OCC(=O)c1c(-c2ccccc2)[nH]c2ccccc12. The van der Waals surface area contributed by atoms with E-state index in [2.05, 4.69) is 4.98 Å². The second-order valence-electron chi connectivity index (χ2n) is 6.54. The molecule has 4 rings (SSSR count). The normalized spacial score (nSPS) is 10.8. The van der Waals surface area contributed by atoms with Crippen LogP contribution in [0.5, 0.6) is 0 Å². The number of ketones is 1. The lowest BCUT2D eigenvalue weighted by Gasteiger charge is -2.08. The van der Waals surface area contributed by atoms with Crippen molar-refractivity contribution >= 4 is 22.7 Å². The fourth-order valence-electron chi connectivity index (χ4n) is 3.25. The lowest BCUT2D eigenvalue weighted by atomic mass is 10.0. The molecular weight excluding hydrogens is 368 g/mol. The van der Waals surface area contributed by atoms with Crippen LogP contribution in [0.4, 0.5) is 0 Å². The minimum absolute atomic E-state index is 0.244. The van der Waals surface area contributed by atoms with Crippen molar-refractivity contribution in [2.75, 3.05) is 6.61 Å². The topological polar surface area (TPSA) is 81.2 Å². The number of nitrogens with zero attached hydrogens (tertiary/aromatic N) is 1. The largest absolute Gasteiger partial charge is 0.456 e. The monoisotopic (exact) mass is 386 g/mol. The van der Waals surface area contributed by atoms with E-state index in [1.807, 2.05) is 54.6 Å². The highest BCUT2D eigenvalue weighted by Crippen LogP contribution is 2.30. The minimum Gasteiger partial charge on any atom is -0.456 e. The van der Waals surface area contributed by atoms with Gasteiger partial charge in [-0.1, -0.05) is 54.6 Å². The number of benzene rings is 2. The van der Waals surface area contributed by atoms with Gasteiger partial charge in [-0.05, 0) is 17.7 Å². The van der Waals surface area contributed by atoms with Gasteiger partial charge >= 0.3 is 5.97 Å². The van der Waals surface area contributed by atoms with Gasteiger partial charge in [-0.25, -0.2) is 0 Å². The summed E-state index contributed by atoms with van der Waals surface area (Å²) in [4.78, 5) is 40.1. The van der Waals surface area contributed by atoms with Crippen LogP contribution in [0.3, 0.4) is 0 Å². The number of Topliss-reactive ketones (excluding diaryl/α,β-unsaturated/α-hetero) is 1. The third kappa shape index (κ3) is 3.87. The van der Waals surface area contributed by atoms with Gasteiger partial charge in [0.15, 0.2) is 6.61 Å². The van der Waals surface area contributed by atoms with Crippen LogP contribution in [0, 0.1) is 0 Å². The molecule has 6 heteroatoms. The predicted octanol–water partition coefficient (Wildman–Crippen LogP) is 3.42. The summed E-state index contributed by atoms with van der Waals surface area (Å²) in [7, 11) is 0. The van der Waals surface area contributed by atoms with Crippen molar-refractivity contribution in [3.8, 4) is 11.3 Å². The number of carbonyl (C=O) groups excluding carboxylic acids is 2. The maximum atomic E-state index is 13.0. The average Bonchev–Trinajstić information content (AvgIpc) is 3.14. The molecular formula is C23H18N2O4. The number of aromatic nitrogens is 2. The highest BCUT2D eigenvalue weighted by Gasteiger charge is 2.20. The smallest absolute Gasteiger partial charge is 0.326 e. The fourth-order valence-corrected chi connectivity index (χ4v) is 3.25. The van der Waals surface area contributed by atoms with E-state index in [1.54, 1.807) is 12.1 Å². The van der Waals surface area contributed by atoms with E-state index in [0.717, 1.165) is 16.5 Å². The van der Waals surface area contributed by atoms with Gasteiger partial charge in [-0.2, -0.15) is 0 Å². The van der Waals surface area contributed by atoms with Crippen molar-refractivity contribution in [1.29, 1.82) is 0 Å². The Morgan fingerprint density at radius 3 is 2.41 bits per heavy atom. The Kier molecular flexibility index (Phi) is 5.07. The molecule has 2 aromatic carbocycles. The standard InChI is InChI=1S/C23H18N2O4/c26-19(15-29-21(28)14-25-13-7-6-12-20(25)27)22-17-10-4-5-11-18(17)24-23(22)16-8-2-1-3-9-16/h1-13,24H,14-15H2. The van der Waals surface area contributed by atoms with Gasteiger partial charge in [0.1, 0.15) is 6.54 Å². The molecule has 0 spiro atoms. The quantitative estimate of drug-likeness (QED) is 0.407. The lowest BCUT2D eigenvalue weighted by molar-refractivity contribution is -0.143. The first-order valence-corrected chi connectivity index (χ1v) is 9.14. The Labute approximate surface area is 166 Å². The maximum Gasteiger partial charge on any atom is 0.326 e. The molecule has 0 fully saturated rings. The van der Waals surface area contributed by atoms with Crippen LogP contribution in [0.25, 0.3) is 22.2 Å². The number of H-pyrrole nitrogens is 1. The maximum absolute atomic E-state index is 13.0. The van der Waals surface area contributed by atoms with Gasteiger partial charge in [0.25, 0.3) is 5.56 Å². The van der Waals surface area contributed by atoms with E-state index in [0.29, 0.717) is 11.3 Å². The number of pyridine rings is 1. The first-order valence-electron chi connectivity index (χ1n) is 9.14. The molecule has 0 aliphatic rings. The van der Waals surface area contributed by atoms with E-state index >= 15 is 0 Å². The Morgan fingerprint density at radius 1 is 0.897 bits per heavy atom. The van der Waals surface area contributed by atoms with Crippen molar-refractivity contribution < 1.29 is 14.3 Å². The molecule has 2 aromatic heterocycles.